The van der Waals surface area contributed by atoms with Gasteiger partial charge in [-0.2, -0.15) is 0 Å². The molecular formula is C16H19BrFNO. The van der Waals surface area contributed by atoms with E-state index in [1.807, 2.05) is 24.3 Å². The van der Waals surface area contributed by atoms with Gasteiger partial charge in [0.05, 0.1) is 10.7 Å². The van der Waals surface area contributed by atoms with Crippen molar-refractivity contribution in [1.29, 1.82) is 0 Å². The number of hydrogen-bond acceptors (Lipinski definition) is 2. The van der Waals surface area contributed by atoms with Crippen LogP contribution in [0.25, 0.3) is 0 Å². The Kier molecular flexibility index (Phi) is 5.38. The summed E-state index contributed by atoms with van der Waals surface area (Å²) in [6.07, 6.45) is 3.62. The first kappa shape index (κ1) is 15.3. The molecular weight excluding hydrogens is 321 g/mol. The van der Waals surface area contributed by atoms with Gasteiger partial charge < -0.3 is 9.73 Å². The number of rotatable bonds is 6. The SMILES string of the molecule is CC(CCc1ccco1)NC(C)c1ccc(F)c(Br)c1. The molecule has 0 fully saturated rings. The lowest BCUT2D eigenvalue weighted by atomic mass is 10.1. The molecule has 0 bridgehead atoms. The van der Waals surface area contributed by atoms with Gasteiger partial charge in [-0.15, -0.1) is 0 Å². The number of nitrogens with one attached hydrogen (secondary N) is 1. The minimum atomic E-state index is -0.230. The molecule has 1 aromatic carbocycles. The number of furan rings is 1. The fourth-order valence-electron chi connectivity index (χ4n) is 2.20. The summed E-state index contributed by atoms with van der Waals surface area (Å²) in [5.74, 6) is 0.780. The average Bonchev–Trinajstić information content (AvgIpc) is 2.92. The van der Waals surface area contributed by atoms with Crippen molar-refractivity contribution in [2.24, 2.45) is 0 Å². The highest BCUT2D eigenvalue weighted by atomic mass is 79.9. The smallest absolute Gasteiger partial charge is 0.137 e. The van der Waals surface area contributed by atoms with E-state index in [9.17, 15) is 4.39 Å². The van der Waals surface area contributed by atoms with Crippen molar-refractivity contribution in [1.82, 2.24) is 5.32 Å². The first-order chi connectivity index (χ1) is 9.56. The van der Waals surface area contributed by atoms with Crippen LogP contribution in [-0.4, -0.2) is 6.04 Å². The third kappa shape index (κ3) is 4.18. The summed E-state index contributed by atoms with van der Waals surface area (Å²) < 4.78 is 19.1. The molecule has 2 aromatic rings. The van der Waals surface area contributed by atoms with Gasteiger partial charge in [-0.3, -0.25) is 0 Å². The Bertz CT molecular complexity index is 541. The molecule has 2 rings (SSSR count). The van der Waals surface area contributed by atoms with Crippen molar-refractivity contribution in [3.8, 4) is 0 Å². The minimum Gasteiger partial charge on any atom is -0.469 e. The van der Waals surface area contributed by atoms with Crippen LogP contribution >= 0.6 is 15.9 Å². The standard InChI is InChI=1S/C16H19BrFNO/c1-11(5-7-14-4-3-9-20-14)19-12(2)13-6-8-16(18)15(17)10-13/h3-4,6,8-12,19H,5,7H2,1-2H3. The molecule has 0 aliphatic carbocycles. The molecule has 0 amide bonds. The summed E-state index contributed by atoms with van der Waals surface area (Å²) >= 11 is 3.22. The number of benzene rings is 1. The fraction of sp³-hybridized carbons (Fsp3) is 0.375. The Labute approximate surface area is 127 Å². The van der Waals surface area contributed by atoms with Crippen LogP contribution in [-0.2, 0) is 6.42 Å². The Balaban J connectivity index is 1.86. The van der Waals surface area contributed by atoms with Crippen LogP contribution in [0.15, 0.2) is 45.5 Å². The molecule has 0 saturated heterocycles. The Morgan fingerprint density at radius 2 is 2.10 bits per heavy atom. The maximum Gasteiger partial charge on any atom is 0.137 e. The van der Waals surface area contributed by atoms with Crippen molar-refractivity contribution >= 4 is 15.9 Å². The van der Waals surface area contributed by atoms with Crippen molar-refractivity contribution in [2.75, 3.05) is 0 Å². The summed E-state index contributed by atoms with van der Waals surface area (Å²) in [6.45, 7) is 4.24. The second-order valence-electron chi connectivity index (χ2n) is 5.08. The summed E-state index contributed by atoms with van der Waals surface area (Å²) in [7, 11) is 0. The third-order valence-electron chi connectivity index (χ3n) is 3.38. The normalized spacial score (nSPS) is 14.2. The molecule has 20 heavy (non-hydrogen) atoms. The third-order valence-corrected chi connectivity index (χ3v) is 3.99. The molecule has 0 aliphatic heterocycles. The number of hydrogen-bond donors (Lipinski definition) is 1. The van der Waals surface area contributed by atoms with Crippen LogP contribution in [0.1, 0.15) is 37.6 Å². The quantitative estimate of drug-likeness (QED) is 0.813. The number of aryl methyl sites for hydroxylation is 1. The van der Waals surface area contributed by atoms with E-state index in [0.29, 0.717) is 10.5 Å². The van der Waals surface area contributed by atoms with Gasteiger partial charge in [0.25, 0.3) is 0 Å². The molecule has 0 aliphatic rings. The van der Waals surface area contributed by atoms with Crippen molar-refractivity contribution < 1.29 is 8.81 Å². The lowest BCUT2D eigenvalue weighted by molar-refractivity contribution is 0.430. The molecule has 4 heteroatoms. The highest BCUT2D eigenvalue weighted by molar-refractivity contribution is 9.10. The van der Waals surface area contributed by atoms with Gasteiger partial charge in [0.1, 0.15) is 11.6 Å². The van der Waals surface area contributed by atoms with E-state index >= 15 is 0 Å². The van der Waals surface area contributed by atoms with Gasteiger partial charge in [-0.25, -0.2) is 4.39 Å². The topological polar surface area (TPSA) is 25.2 Å². The lowest BCUT2D eigenvalue weighted by Gasteiger charge is -2.20. The Morgan fingerprint density at radius 1 is 1.30 bits per heavy atom. The van der Waals surface area contributed by atoms with E-state index in [0.717, 1.165) is 24.2 Å². The van der Waals surface area contributed by atoms with Gasteiger partial charge in [0.2, 0.25) is 0 Å². The highest BCUT2D eigenvalue weighted by Gasteiger charge is 2.11. The average molecular weight is 340 g/mol. The molecule has 2 nitrogen and oxygen atoms in total. The summed E-state index contributed by atoms with van der Waals surface area (Å²) in [5.41, 5.74) is 1.07. The molecule has 2 atom stereocenters. The largest absolute Gasteiger partial charge is 0.469 e. The van der Waals surface area contributed by atoms with Crippen molar-refractivity contribution in [2.45, 2.75) is 38.8 Å². The van der Waals surface area contributed by atoms with Gasteiger partial charge >= 0.3 is 0 Å². The van der Waals surface area contributed by atoms with Gasteiger partial charge in [0, 0.05) is 18.5 Å². The monoisotopic (exact) mass is 339 g/mol. The maximum atomic E-state index is 13.2. The summed E-state index contributed by atoms with van der Waals surface area (Å²) in [5, 5.41) is 3.52. The zero-order chi connectivity index (χ0) is 14.5. The second-order valence-corrected chi connectivity index (χ2v) is 5.94. The zero-order valence-electron chi connectivity index (χ0n) is 11.7. The van der Waals surface area contributed by atoms with Crippen molar-refractivity contribution in [3.05, 3.63) is 58.2 Å². The molecule has 108 valence electrons. The molecule has 0 radical (unpaired) electrons. The minimum absolute atomic E-state index is 0.179. The lowest BCUT2D eigenvalue weighted by Crippen LogP contribution is -2.29. The first-order valence-electron chi connectivity index (χ1n) is 6.79. The van der Waals surface area contributed by atoms with E-state index in [1.165, 1.54) is 6.07 Å². The Morgan fingerprint density at radius 3 is 2.75 bits per heavy atom. The fourth-order valence-corrected chi connectivity index (χ4v) is 2.60. The van der Waals surface area contributed by atoms with E-state index in [4.69, 9.17) is 4.42 Å². The zero-order valence-corrected chi connectivity index (χ0v) is 13.3. The van der Waals surface area contributed by atoms with Crippen molar-refractivity contribution in [3.63, 3.8) is 0 Å². The molecule has 2 unspecified atom stereocenters. The van der Waals surface area contributed by atoms with Crippen LogP contribution in [0.4, 0.5) is 4.39 Å². The van der Waals surface area contributed by atoms with Gasteiger partial charge in [-0.05, 0) is 66.0 Å². The molecule has 1 N–H and O–H groups in total. The molecule has 0 saturated carbocycles. The molecule has 1 heterocycles. The first-order valence-corrected chi connectivity index (χ1v) is 7.59. The predicted octanol–water partition coefficient (Wildman–Crippen LogP) is 4.85. The predicted molar refractivity (Wildman–Crippen MR) is 82.1 cm³/mol. The highest BCUT2D eigenvalue weighted by Crippen LogP contribution is 2.21. The maximum absolute atomic E-state index is 13.2. The van der Waals surface area contributed by atoms with Gasteiger partial charge in [-0.1, -0.05) is 6.07 Å². The van der Waals surface area contributed by atoms with E-state index in [-0.39, 0.29) is 11.9 Å². The van der Waals surface area contributed by atoms with E-state index < -0.39 is 0 Å². The van der Waals surface area contributed by atoms with Crippen LogP contribution in [0.3, 0.4) is 0 Å². The Hall–Kier alpha value is -1.13. The molecule has 0 spiro atoms. The van der Waals surface area contributed by atoms with Gasteiger partial charge in [0.15, 0.2) is 0 Å². The number of halogens is 2. The van der Waals surface area contributed by atoms with Crippen LogP contribution in [0.2, 0.25) is 0 Å². The summed E-state index contributed by atoms with van der Waals surface area (Å²) in [4.78, 5) is 0. The summed E-state index contributed by atoms with van der Waals surface area (Å²) in [6, 6.07) is 9.57. The molecule has 1 aromatic heterocycles. The van der Waals surface area contributed by atoms with Crippen LogP contribution in [0.5, 0.6) is 0 Å². The second kappa shape index (κ2) is 7.04. The van der Waals surface area contributed by atoms with Crippen LogP contribution < -0.4 is 5.32 Å². The van der Waals surface area contributed by atoms with E-state index in [1.54, 1.807) is 6.26 Å². The van der Waals surface area contributed by atoms with E-state index in [2.05, 4.69) is 35.1 Å². The van der Waals surface area contributed by atoms with Crippen LogP contribution in [0, 0.1) is 5.82 Å².